The first-order valence-corrected chi connectivity index (χ1v) is 21.7. The third-order valence-electron chi connectivity index (χ3n) is 11.5. The van der Waals surface area contributed by atoms with Gasteiger partial charge < -0.3 is 0 Å². The number of hydrogen-bond donors (Lipinski definition) is 0. The van der Waals surface area contributed by atoms with Gasteiger partial charge in [-0.05, 0) is 57.1 Å². The molecule has 6 nitrogen and oxygen atoms in total. The van der Waals surface area contributed by atoms with Crippen molar-refractivity contribution >= 4 is 72.4 Å². The largest absolute Gasteiger partial charge is 0.278 e. The monoisotopic (exact) mass is 770 g/mol. The maximum absolute atomic E-state index is 10.8. The lowest BCUT2D eigenvalue weighted by Gasteiger charge is -2.34. The predicted molar refractivity (Wildman–Crippen MR) is 242 cm³/mol. The minimum Gasteiger partial charge on any atom is -0.278 e. The summed E-state index contributed by atoms with van der Waals surface area (Å²) >= 11 is 0. The molecule has 0 amide bonds. The molecule has 0 unspecified atom stereocenters. The Balaban J connectivity index is 1.25. The average Bonchev–Trinajstić information content (AvgIpc) is 3.83. The summed E-state index contributed by atoms with van der Waals surface area (Å²) in [5, 5.41) is 20.0. The zero-order valence-electron chi connectivity index (χ0n) is 31.8. The smallest absolute Gasteiger partial charge is 0.240 e. The van der Waals surface area contributed by atoms with Crippen molar-refractivity contribution in [3.8, 4) is 29.4 Å². The number of nitriles is 1. The lowest BCUT2D eigenvalue weighted by atomic mass is 10.1. The summed E-state index contributed by atoms with van der Waals surface area (Å²) in [6.07, 6.45) is 0. The summed E-state index contributed by atoms with van der Waals surface area (Å²) in [4.78, 5) is 16.1. The van der Waals surface area contributed by atoms with Gasteiger partial charge in [0, 0.05) is 27.1 Å². The highest BCUT2D eigenvalue weighted by Crippen LogP contribution is 2.34. The Hall–Kier alpha value is -7.92. The molecule has 0 spiro atoms. The second-order valence-electron chi connectivity index (χ2n) is 14.8. The Labute approximate surface area is 341 Å². The normalized spacial score (nSPS) is 11.7. The lowest BCUT2D eigenvalue weighted by Crippen LogP contribution is -2.74. The van der Waals surface area contributed by atoms with E-state index in [1.807, 2.05) is 6.07 Å². The zero-order chi connectivity index (χ0) is 39.3. The Morgan fingerprint density at radius 2 is 0.729 bits per heavy atom. The van der Waals surface area contributed by atoms with E-state index in [0.29, 0.717) is 23.3 Å². The maximum Gasteiger partial charge on any atom is 0.240 e. The summed E-state index contributed by atoms with van der Waals surface area (Å²) in [6.45, 7) is 0. The van der Waals surface area contributed by atoms with Gasteiger partial charge in [0.15, 0.2) is 13.9 Å². The van der Waals surface area contributed by atoms with Crippen LogP contribution in [0, 0.1) is 11.3 Å². The lowest BCUT2D eigenvalue weighted by molar-refractivity contribution is 0.893. The molecule has 8 aromatic carbocycles. The van der Waals surface area contributed by atoms with E-state index in [4.69, 9.17) is 15.0 Å². The van der Waals surface area contributed by atoms with Crippen LogP contribution < -0.4 is 20.7 Å². The van der Waals surface area contributed by atoms with E-state index in [-0.39, 0.29) is 0 Å². The molecule has 3 heterocycles. The van der Waals surface area contributed by atoms with Gasteiger partial charge in [0.2, 0.25) is 11.9 Å². The third kappa shape index (κ3) is 5.42. The minimum atomic E-state index is -3.02. The van der Waals surface area contributed by atoms with Gasteiger partial charge in [0.25, 0.3) is 0 Å². The van der Waals surface area contributed by atoms with Crippen molar-refractivity contribution < 1.29 is 0 Å². The zero-order valence-corrected chi connectivity index (χ0v) is 32.8. The van der Waals surface area contributed by atoms with E-state index in [9.17, 15) is 5.26 Å². The van der Waals surface area contributed by atoms with Gasteiger partial charge in [0.1, 0.15) is 0 Å². The molecule has 276 valence electrons. The number of para-hydroxylation sites is 4. The van der Waals surface area contributed by atoms with Crippen LogP contribution in [0.15, 0.2) is 206 Å². The summed E-state index contributed by atoms with van der Waals surface area (Å²) < 4.78 is 4.28. The quantitative estimate of drug-likeness (QED) is 0.120. The van der Waals surface area contributed by atoms with Crippen LogP contribution in [-0.2, 0) is 0 Å². The molecule has 0 aliphatic carbocycles. The van der Waals surface area contributed by atoms with E-state index < -0.39 is 8.07 Å². The van der Waals surface area contributed by atoms with Crippen molar-refractivity contribution in [3.05, 3.63) is 212 Å². The molecular formula is C52H34N6Si. The maximum atomic E-state index is 10.8. The molecule has 59 heavy (non-hydrogen) atoms. The van der Waals surface area contributed by atoms with E-state index >= 15 is 0 Å². The average molecular weight is 771 g/mol. The summed E-state index contributed by atoms with van der Waals surface area (Å²) in [5.41, 5.74) is 5.26. The van der Waals surface area contributed by atoms with Crippen molar-refractivity contribution in [2.45, 2.75) is 0 Å². The predicted octanol–water partition coefficient (Wildman–Crippen LogP) is 8.98. The minimum absolute atomic E-state index is 0.476. The van der Waals surface area contributed by atoms with E-state index in [1.165, 1.54) is 15.6 Å². The highest BCUT2D eigenvalue weighted by atomic mass is 28.3. The number of rotatable bonds is 7. The number of aromatic nitrogens is 5. The topological polar surface area (TPSA) is 72.3 Å². The second kappa shape index (κ2) is 13.9. The number of hydrogen-bond acceptors (Lipinski definition) is 4. The first kappa shape index (κ1) is 34.3. The van der Waals surface area contributed by atoms with Crippen molar-refractivity contribution in [2.24, 2.45) is 0 Å². The molecular weight excluding hydrogens is 737 g/mol. The van der Waals surface area contributed by atoms with Crippen molar-refractivity contribution in [1.82, 2.24) is 24.1 Å². The molecule has 11 rings (SSSR count). The van der Waals surface area contributed by atoms with Crippen LogP contribution in [0.3, 0.4) is 0 Å². The summed E-state index contributed by atoms with van der Waals surface area (Å²) in [5.74, 6) is 1.46. The van der Waals surface area contributed by atoms with E-state index in [2.05, 4.69) is 215 Å². The molecule has 0 saturated heterocycles. The molecule has 3 aromatic heterocycles. The number of benzene rings is 8. The van der Waals surface area contributed by atoms with Gasteiger partial charge in [-0.25, -0.2) is 0 Å². The van der Waals surface area contributed by atoms with Crippen molar-refractivity contribution in [2.75, 3.05) is 0 Å². The Morgan fingerprint density at radius 1 is 0.373 bits per heavy atom. The van der Waals surface area contributed by atoms with Crippen LogP contribution in [0.5, 0.6) is 0 Å². The van der Waals surface area contributed by atoms with Gasteiger partial charge >= 0.3 is 0 Å². The van der Waals surface area contributed by atoms with Crippen LogP contribution >= 0.6 is 0 Å². The Morgan fingerprint density at radius 3 is 1.10 bits per heavy atom. The molecule has 0 aliphatic rings. The Kier molecular flexibility index (Phi) is 8.10. The Bertz CT molecular complexity index is 3070. The van der Waals surface area contributed by atoms with Gasteiger partial charge in [-0.3, -0.25) is 9.13 Å². The summed E-state index contributed by atoms with van der Waals surface area (Å²) in [7, 11) is -3.02. The summed E-state index contributed by atoms with van der Waals surface area (Å²) in [6, 6.07) is 74.5. The van der Waals surface area contributed by atoms with Crippen LogP contribution in [0.25, 0.3) is 66.9 Å². The molecule has 7 heteroatoms. The number of fused-ring (bicyclic) bond motifs is 6. The first-order valence-electron chi connectivity index (χ1n) is 19.7. The SMILES string of the molecule is N#Cc1cc(-c2nc(-n3c4ccccc4c4ccccc43)nc(-n3c4ccccc4c4ccccc43)n2)cc([Si](c2ccccc2)(c2ccccc2)c2ccccc2)c1. The number of nitrogens with zero attached hydrogens (tertiary/aromatic N) is 6. The molecule has 11 aromatic rings. The molecule has 0 N–H and O–H groups in total. The fourth-order valence-corrected chi connectivity index (χ4v) is 13.9. The van der Waals surface area contributed by atoms with Gasteiger partial charge in [-0.15, -0.1) is 0 Å². The molecule has 0 radical (unpaired) electrons. The highest BCUT2D eigenvalue weighted by molar-refractivity contribution is 7.20. The van der Waals surface area contributed by atoms with Crippen LogP contribution in [0.1, 0.15) is 5.56 Å². The molecule has 0 saturated carbocycles. The fraction of sp³-hybridized carbons (Fsp3) is 0. The van der Waals surface area contributed by atoms with Gasteiger partial charge in [0.05, 0.1) is 33.7 Å². The first-order chi connectivity index (χ1) is 29.2. The molecule has 0 atom stereocenters. The van der Waals surface area contributed by atoms with Crippen molar-refractivity contribution in [1.29, 1.82) is 5.26 Å². The van der Waals surface area contributed by atoms with E-state index in [0.717, 1.165) is 54.4 Å². The third-order valence-corrected chi connectivity index (χ3v) is 16.3. The standard InChI is InChI=1S/C52H34N6Si/c53-35-36-32-37(34-41(33-36)59(38-18-4-1-5-19-38,39-20-6-2-7-21-39)40-22-8-3-9-23-40)50-54-51(57-46-28-14-10-24-42(46)43-25-11-15-29-47(43)57)56-52(55-50)58-48-30-16-12-26-44(48)45-27-13-17-31-49(45)58/h1-34H. The van der Waals surface area contributed by atoms with Crippen LogP contribution in [0.4, 0.5) is 0 Å². The molecule has 0 fully saturated rings. The molecule has 0 bridgehead atoms. The molecule has 0 aliphatic heterocycles. The van der Waals surface area contributed by atoms with Crippen LogP contribution in [-0.4, -0.2) is 32.2 Å². The highest BCUT2D eigenvalue weighted by Gasteiger charge is 2.42. The van der Waals surface area contributed by atoms with E-state index in [1.54, 1.807) is 0 Å². The fourth-order valence-electron chi connectivity index (χ4n) is 9.06. The van der Waals surface area contributed by atoms with Gasteiger partial charge in [-0.1, -0.05) is 170 Å². The van der Waals surface area contributed by atoms with Crippen LogP contribution in [0.2, 0.25) is 0 Å². The van der Waals surface area contributed by atoms with Gasteiger partial charge in [-0.2, -0.15) is 20.2 Å². The van der Waals surface area contributed by atoms with Crippen molar-refractivity contribution in [3.63, 3.8) is 0 Å². The second-order valence-corrected chi connectivity index (χ2v) is 18.6.